The number of carbonyl (C=O) groups is 1. The molecule has 20 heavy (non-hydrogen) atoms. The highest BCUT2D eigenvalue weighted by Crippen LogP contribution is 2.24. The molecule has 1 atom stereocenters. The zero-order valence-corrected chi connectivity index (χ0v) is 11.6. The first-order chi connectivity index (χ1) is 9.52. The first kappa shape index (κ1) is 14.5. The fourth-order valence-corrected chi connectivity index (χ4v) is 2.07. The minimum Gasteiger partial charge on any atom is -0.292 e. The molecular weight excluding hydrogens is 300 g/mol. The van der Waals surface area contributed by atoms with Crippen LogP contribution in [0.3, 0.4) is 0 Å². The molecular formula is C15H8Cl2FNO. The van der Waals surface area contributed by atoms with Gasteiger partial charge in [0.15, 0.2) is 5.78 Å². The predicted octanol–water partition coefficient (Wildman–Crippen LogP) is 4.62. The van der Waals surface area contributed by atoms with Gasteiger partial charge in [0.2, 0.25) is 0 Å². The summed E-state index contributed by atoms with van der Waals surface area (Å²) < 4.78 is 13.7. The van der Waals surface area contributed by atoms with Crippen LogP contribution in [0, 0.1) is 17.1 Å². The summed E-state index contributed by atoms with van der Waals surface area (Å²) in [5.41, 5.74) is 0.312. The molecule has 0 aromatic heterocycles. The van der Waals surface area contributed by atoms with Crippen LogP contribution in [0.1, 0.15) is 21.8 Å². The molecule has 1 unspecified atom stereocenters. The van der Waals surface area contributed by atoms with E-state index in [-0.39, 0.29) is 10.6 Å². The molecule has 0 aliphatic carbocycles. The van der Waals surface area contributed by atoms with Crippen molar-refractivity contribution in [1.82, 2.24) is 0 Å². The Balaban J connectivity index is 2.39. The number of halogens is 3. The van der Waals surface area contributed by atoms with Crippen LogP contribution < -0.4 is 0 Å². The van der Waals surface area contributed by atoms with Crippen LogP contribution >= 0.6 is 23.2 Å². The average molecular weight is 308 g/mol. The molecule has 0 spiro atoms. The van der Waals surface area contributed by atoms with E-state index in [4.69, 9.17) is 23.2 Å². The largest absolute Gasteiger partial charge is 0.292 e. The monoisotopic (exact) mass is 307 g/mol. The number of hydrogen-bond donors (Lipinski definition) is 0. The maximum Gasteiger partial charge on any atom is 0.187 e. The van der Waals surface area contributed by atoms with E-state index < -0.39 is 17.5 Å². The van der Waals surface area contributed by atoms with Gasteiger partial charge in [-0.05, 0) is 35.9 Å². The number of nitriles is 1. The highest BCUT2D eigenvalue weighted by Gasteiger charge is 2.24. The van der Waals surface area contributed by atoms with E-state index in [2.05, 4.69) is 0 Å². The fraction of sp³-hybridized carbons (Fsp3) is 0.0667. The highest BCUT2D eigenvalue weighted by molar-refractivity contribution is 6.31. The van der Waals surface area contributed by atoms with Gasteiger partial charge in [-0.2, -0.15) is 5.26 Å². The lowest BCUT2D eigenvalue weighted by Gasteiger charge is -2.09. The summed E-state index contributed by atoms with van der Waals surface area (Å²) in [5.74, 6) is -2.43. The van der Waals surface area contributed by atoms with Gasteiger partial charge in [0.05, 0.1) is 11.6 Å². The number of hydrogen-bond acceptors (Lipinski definition) is 2. The standard InChI is InChI=1S/C15H8Cl2FNO/c16-10-3-1-9(2-4-10)13(8-19)15(20)12-6-5-11(17)7-14(12)18/h1-7,13H. The number of rotatable bonds is 3. The third kappa shape index (κ3) is 2.98. The molecule has 2 rings (SSSR count). The van der Waals surface area contributed by atoms with Crippen molar-refractivity contribution in [2.75, 3.05) is 0 Å². The number of nitrogens with zero attached hydrogens (tertiary/aromatic N) is 1. The summed E-state index contributed by atoms with van der Waals surface area (Å²) in [6.45, 7) is 0. The highest BCUT2D eigenvalue weighted by atomic mass is 35.5. The van der Waals surface area contributed by atoms with Gasteiger partial charge in [0.25, 0.3) is 0 Å². The molecule has 0 heterocycles. The Kier molecular flexibility index (Phi) is 4.39. The molecule has 0 radical (unpaired) electrons. The molecule has 0 fully saturated rings. The van der Waals surface area contributed by atoms with E-state index in [1.807, 2.05) is 6.07 Å². The van der Waals surface area contributed by atoms with Crippen molar-refractivity contribution < 1.29 is 9.18 Å². The van der Waals surface area contributed by atoms with Crippen LogP contribution in [0.4, 0.5) is 4.39 Å². The topological polar surface area (TPSA) is 40.9 Å². The number of ketones is 1. The molecule has 0 bridgehead atoms. The maximum absolute atomic E-state index is 13.7. The average Bonchev–Trinajstić information content (AvgIpc) is 2.41. The molecule has 5 heteroatoms. The zero-order chi connectivity index (χ0) is 14.7. The van der Waals surface area contributed by atoms with Crippen molar-refractivity contribution in [1.29, 1.82) is 5.26 Å². The second-order valence-electron chi connectivity index (χ2n) is 4.10. The second-order valence-corrected chi connectivity index (χ2v) is 4.97. The zero-order valence-electron chi connectivity index (χ0n) is 10.1. The number of carbonyl (C=O) groups excluding carboxylic acids is 1. The van der Waals surface area contributed by atoms with Gasteiger partial charge in [-0.1, -0.05) is 35.3 Å². The van der Waals surface area contributed by atoms with Crippen LogP contribution in [0.5, 0.6) is 0 Å². The van der Waals surface area contributed by atoms with E-state index >= 15 is 0 Å². The first-order valence-electron chi connectivity index (χ1n) is 5.67. The SMILES string of the molecule is N#CC(C(=O)c1ccc(Cl)cc1F)c1ccc(Cl)cc1. The molecule has 0 saturated heterocycles. The molecule has 2 aromatic rings. The Morgan fingerprint density at radius 2 is 1.70 bits per heavy atom. The second kappa shape index (κ2) is 6.04. The van der Waals surface area contributed by atoms with Crippen LogP contribution in [-0.2, 0) is 0 Å². The summed E-state index contributed by atoms with van der Waals surface area (Å²) in [5, 5.41) is 9.86. The Morgan fingerprint density at radius 3 is 2.25 bits per heavy atom. The summed E-state index contributed by atoms with van der Waals surface area (Å²) in [6, 6.07) is 11.9. The van der Waals surface area contributed by atoms with Crippen molar-refractivity contribution in [2.45, 2.75) is 5.92 Å². The van der Waals surface area contributed by atoms with Gasteiger partial charge in [0, 0.05) is 10.0 Å². The van der Waals surface area contributed by atoms with E-state index in [1.165, 1.54) is 12.1 Å². The quantitative estimate of drug-likeness (QED) is 0.776. The number of Topliss-reactive ketones (excluding diaryl/α,β-unsaturated/α-hetero) is 1. The molecule has 100 valence electrons. The molecule has 0 aliphatic heterocycles. The van der Waals surface area contributed by atoms with Crippen LogP contribution in [0.2, 0.25) is 10.0 Å². The lowest BCUT2D eigenvalue weighted by molar-refractivity contribution is 0.0975. The Morgan fingerprint density at radius 1 is 1.10 bits per heavy atom. The molecule has 0 amide bonds. The van der Waals surface area contributed by atoms with Gasteiger partial charge in [-0.15, -0.1) is 0 Å². The van der Waals surface area contributed by atoms with Crippen molar-refractivity contribution in [2.24, 2.45) is 0 Å². The number of benzene rings is 2. The van der Waals surface area contributed by atoms with Gasteiger partial charge in [-0.25, -0.2) is 4.39 Å². The molecule has 0 saturated carbocycles. The normalized spacial score (nSPS) is 11.7. The van der Waals surface area contributed by atoms with Gasteiger partial charge in [-0.3, -0.25) is 4.79 Å². The summed E-state index contributed by atoms with van der Waals surface area (Å²) >= 11 is 11.4. The third-order valence-corrected chi connectivity index (χ3v) is 3.28. The van der Waals surface area contributed by atoms with Gasteiger partial charge in [0.1, 0.15) is 11.7 Å². The van der Waals surface area contributed by atoms with Crippen LogP contribution in [0.25, 0.3) is 0 Å². The first-order valence-corrected chi connectivity index (χ1v) is 6.43. The maximum atomic E-state index is 13.7. The summed E-state index contributed by atoms with van der Waals surface area (Å²) in [7, 11) is 0. The molecule has 2 nitrogen and oxygen atoms in total. The van der Waals surface area contributed by atoms with Gasteiger partial charge < -0.3 is 0 Å². The smallest absolute Gasteiger partial charge is 0.187 e. The van der Waals surface area contributed by atoms with Gasteiger partial charge >= 0.3 is 0 Å². The minimum atomic E-state index is -1.08. The molecule has 2 aromatic carbocycles. The third-order valence-electron chi connectivity index (χ3n) is 2.79. The van der Waals surface area contributed by atoms with Crippen LogP contribution in [0.15, 0.2) is 42.5 Å². The fourth-order valence-electron chi connectivity index (χ4n) is 1.78. The summed E-state index contributed by atoms with van der Waals surface area (Å²) in [6.07, 6.45) is 0. The lowest BCUT2D eigenvalue weighted by atomic mass is 9.92. The molecule has 0 N–H and O–H groups in total. The predicted molar refractivity (Wildman–Crippen MR) is 75.5 cm³/mol. The van der Waals surface area contributed by atoms with Crippen molar-refractivity contribution in [3.8, 4) is 6.07 Å². The van der Waals surface area contributed by atoms with Crippen molar-refractivity contribution in [3.05, 3.63) is 69.5 Å². The van der Waals surface area contributed by atoms with Crippen molar-refractivity contribution >= 4 is 29.0 Å². The Bertz CT molecular complexity index is 692. The van der Waals surface area contributed by atoms with E-state index in [1.54, 1.807) is 24.3 Å². The van der Waals surface area contributed by atoms with Crippen molar-refractivity contribution in [3.63, 3.8) is 0 Å². The Labute approximate surface area is 125 Å². The van der Waals surface area contributed by atoms with Crippen LogP contribution in [-0.4, -0.2) is 5.78 Å². The van der Waals surface area contributed by atoms with E-state index in [0.29, 0.717) is 10.6 Å². The van der Waals surface area contributed by atoms with E-state index in [0.717, 1.165) is 6.07 Å². The minimum absolute atomic E-state index is 0.157. The molecule has 0 aliphatic rings. The lowest BCUT2D eigenvalue weighted by Crippen LogP contribution is -2.13. The summed E-state index contributed by atoms with van der Waals surface area (Å²) in [4.78, 5) is 12.3. The Hall–Kier alpha value is -1.89. The van der Waals surface area contributed by atoms with E-state index in [9.17, 15) is 14.4 Å².